The van der Waals surface area contributed by atoms with Crippen LogP contribution in [0.4, 0.5) is 0 Å². The molecule has 3 N–H and O–H groups in total. The number of nitrogens with one attached hydrogen (secondary N) is 2. The number of carbonyl (C=O) groups is 2. The van der Waals surface area contributed by atoms with Crippen LogP contribution in [-0.4, -0.2) is 42.5 Å². The second-order valence-electron chi connectivity index (χ2n) is 5.87. The number of hydrogen-bond donors (Lipinski definition) is 3. The Balaban J connectivity index is 1.82. The van der Waals surface area contributed by atoms with Gasteiger partial charge in [-0.3, -0.25) is 14.8 Å². The molecule has 1 fully saturated rings. The number of ether oxygens (including phenoxy) is 1. The molecule has 0 saturated carbocycles. The molecule has 28 heavy (non-hydrogen) atoms. The lowest BCUT2D eigenvalue weighted by Gasteiger charge is -2.32. The van der Waals surface area contributed by atoms with Crippen LogP contribution in [0, 0.1) is 0 Å². The maximum atomic E-state index is 12.9. The van der Waals surface area contributed by atoms with E-state index >= 15 is 0 Å². The molecule has 2 amide bonds. The molecule has 0 aliphatic carbocycles. The van der Waals surface area contributed by atoms with Crippen molar-refractivity contribution >= 4 is 33.4 Å². The summed E-state index contributed by atoms with van der Waals surface area (Å²) in [5.74, 6) is -0.552. The molecular formula is C17H16ClN3O6S. The van der Waals surface area contributed by atoms with Crippen LogP contribution in [0.5, 0.6) is 11.5 Å². The maximum absolute atomic E-state index is 12.9. The molecule has 0 bridgehead atoms. The Morgan fingerprint density at radius 2 is 1.71 bits per heavy atom. The fourth-order valence-electron chi connectivity index (χ4n) is 2.63. The van der Waals surface area contributed by atoms with Gasteiger partial charge in [0, 0.05) is 5.02 Å². The van der Waals surface area contributed by atoms with E-state index in [1.807, 2.05) is 0 Å². The van der Waals surface area contributed by atoms with E-state index in [1.54, 1.807) is 24.3 Å². The molecule has 0 radical (unpaired) electrons. The fraction of sp³-hybridized carbons (Fsp3) is 0.176. The number of hydroxylamine groups is 1. The van der Waals surface area contributed by atoms with Gasteiger partial charge in [0.05, 0.1) is 18.0 Å². The predicted octanol–water partition coefficient (Wildman–Crippen LogP) is 1.47. The van der Waals surface area contributed by atoms with Crippen molar-refractivity contribution in [1.29, 1.82) is 0 Å². The Morgan fingerprint density at radius 3 is 2.29 bits per heavy atom. The largest absolute Gasteiger partial charge is 0.457 e. The third kappa shape index (κ3) is 4.25. The van der Waals surface area contributed by atoms with Gasteiger partial charge in [-0.15, -0.1) is 0 Å². The summed E-state index contributed by atoms with van der Waals surface area (Å²) in [6, 6.07) is 10.9. The molecule has 2 aromatic rings. The van der Waals surface area contributed by atoms with Crippen molar-refractivity contribution < 1.29 is 28.0 Å². The molecule has 0 unspecified atom stereocenters. The Hall–Kier alpha value is -2.66. The number of rotatable bonds is 5. The van der Waals surface area contributed by atoms with Crippen molar-refractivity contribution in [3.8, 4) is 11.5 Å². The van der Waals surface area contributed by atoms with Gasteiger partial charge in [-0.05, 0) is 48.5 Å². The minimum Gasteiger partial charge on any atom is -0.457 e. The second kappa shape index (κ2) is 8.15. The lowest BCUT2D eigenvalue weighted by atomic mass is 10.1. The minimum atomic E-state index is -4.11. The maximum Gasteiger partial charge on any atom is 0.262 e. The number of hydrogen-bond acceptors (Lipinski definition) is 6. The lowest BCUT2D eigenvalue weighted by molar-refractivity contribution is -0.138. The Kier molecular flexibility index (Phi) is 5.84. The second-order valence-corrected chi connectivity index (χ2v) is 8.20. The van der Waals surface area contributed by atoms with E-state index in [4.69, 9.17) is 21.5 Å². The molecular weight excluding hydrogens is 410 g/mol. The normalized spacial score (nSPS) is 17.6. The van der Waals surface area contributed by atoms with Gasteiger partial charge in [-0.1, -0.05) is 11.6 Å². The zero-order valence-electron chi connectivity index (χ0n) is 14.3. The molecule has 3 rings (SSSR count). The molecule has 148 valence electrons. The lowest BCUT2D eigenvalue weighted by Crippen LogP contribution is -2.58. The molecule has 0 spiro atoms. The predicted molar refractivity (Wildman–Crippen MR) is 98.3 cm³/mol. The van der Waals surface area contributed by atoms with Crippen LogP contribution in [0.25, 0.3) is 0 Å². The first-order valence-corrected chi connectivity index (χ1v) is 9.89. The third-order valence-electron chi connectivity index (χ3n) is 4.05. The fourth-order valence-corrected chi connectivity index (χ4v) is 4.25. The van der Waals surface area contributed by atoms with E-state index in [-0.39, 0.29) is 11.6 Å². The molecule has 1 heterocycles. The standard InChI is InChI=1S/C17H16ClN3O6S/c18-11-1-3-12(4-2-11)27-13-5-7-14(8-6-13)28(25,26)21-10-19-16(22)9-15(21)17(23)20-24/h1-8,15,24H,9-10H2,(H,19,22)(H,20,23)/t15-/m1/s1. The summed E-state index contributed by atoms with van der Waals surface area (Å²) in [6.07, 6.45) is -0.399. The van der Waals surface area contributed by atoms with E-state index in [9.17, 15) is 18.0 Å². The Bertz CT molecular complexity index is 979. The smallest absolute Gasteiger partial charge is 0.262 e. The summed E-state index contributed by atoms with van der Waals surface area (Å²) in [7, 11) is -4.11. The van der Waals surface area contributed by atoms with Gasteiger partial charge in [-0.2, -0.15) is 4.31 Å². The van der Waals surface area contributed by atoms with Crippen LogP contribution < -0.4 is 15.5 Å². The molecule has 1 aliphatic heterocycles. The molecule has 1 saturated heterocycles. The van der Waals surface area contributed by atoms with E-state index in [0.29, 0.717) is 16.5 Å². The van der Waals surface area contributed by atoms with Crippen LogP contribution in [-0.2, 0) is 19.6 Å². The molecule has 11 heteroatoms. The highest BCUT2D eigenvalue weighted by Crippen LogP contribution is 2.26. The van der Waals surface area contributed by atoms with Crippen LogP contribution in [0.15, 0.2) is 53.4 Å². The highest BCUT2D eigenvalue weighted by Gasteiger charge is 2.40. The number of nitrogens with zero attached hydrogens (tertiary/aromatic N) is 1. The van der Waals surface area contributed by atoms with Crippen LogP contribution in [0.3, 0.4) is 0 Å². The molecule has 0 aromatic heterocycles. The molecule has 1 aliphatic rings. The Morgan fingerprint density at radius 1 is 1.14 bits per heavy atom. The summed E-state index contributed by atoms with van der Waals surface area (Å²) < 4.78 is 32.2. The van der Waals surface area contributed by atoms with Crippen molar-refractivity contribution in [1.82, 2.24) is 15.1 Å². The van der Waals surface area contributed by atoms with Gasteiger partial charge in [0.25, 0.3) is 5.91 Å². The summed E-state index contributed by atoms with van der Waals surface area (Å²) in [6.45, 7) is -0.387. The first-order valence-electron chi connectivity index (χ1n) is 8.07. The zero-order chi connectivity index (χ0) is 20.3. The van der Waals surface area contributed by atoms with Gasteiger partial charge in [0.1, 0.15) is 17.5 Å². The summed E-state index contributed by atoms with van der Waals surface area (Å²) in [5.41, 5.74) is 1.39. The number of amides is 2. The van der Waals surface area contributed by atoms with E-state index in [2.05, 4.69) is 5.32 Å². The van der Waals surface area contributed by atoms with E-state index < -0.39 is 34.3 Å². The SMILES string of the molecule is O=C1C[C@H](C(=O)NO)N(S(=O)(=O)c2ccc(Oc3ccc(Cl)cc3)cc2)CN1. The van der Waals surface area contributed by atoms with Crippen molar-refractivity contribution in [2.24, 2.45) is 0 Å². The van der Waals surface area contributed by atoms with Crippen molar-refractivity contribution in [2.45, 2.75) is 17.4 Å². The zero-order valence-corrected chi connectivity index (χ0v) is 15.9. The quantitative estimate of drug-likeness (QED) is 0.492. The average Bonchev–Trinajstić information content (AvgIpc) is 2.69. The first-order chi connectivity index (χ1) is 13.3. The van der Waals surface area contributed by atoms with Gasteiger partial charge in [-0.25, -0.2) is 13.9 Å². The van der Waals surface area contributed by atoms with Crippen molar-refractivity contribution in [3.05, 3.63) is 53.6 Å². The van der Waals surface area contributed by atoms with E-state index in [0.717, 1.165) is 4.31 Å². The summed E-state index contributed by atoms with van der Waals surface area (Å²) in [5, 5.41) is 11.8. The van der Waals surface area contributed by atoms with Crippen molar-refractivity contribution in [3.63, 3.8) is 0 Å². The van der Waals surface area contributed by atoms with Crippen LogP contribution in [0.2, 0.25) is 5.02 Å². The third-order valence-corrected chi connectivity index (χ3v) is 6.17. The van der Waals surface area contributed by atoms with Gasteiger partial charge in [0.2, 0.25) is 15.9 Å². The number of halogens is 1. The Labute approximate surface area is 165 Å². The molecule has 2 aromatic carbocycles. The minimum absolute atomic E-state index is 0.0946. The van der Waals surface area contributed by atoms with Crippen LogP contribution >= 0.6 is 11.6 Å². The highest BCUT2D eigenvalue weighted by molar-refractivity contribution is 7.89. The monoisotopic (exact) mass is 425 g/mol. The number of carbonyl (C=O) groups excluding carboxylic acids is 2. The highest BCUT2D eigenvalue weighted by atomic mass is 35.5. The van der Waals surface area contributed by atoms with Crippen LogP contribution in [0.1, 0.15) is 6.42 Å². The summed E-state index contributed by atoms with van der Waals surface area (Å²) in [4.78, 5) is 23.2. The van der Waals surface area contributed by atoms with Crippen molar-refractivity contribution in [2.75, 3.05) is 6.67 Å². The molecule has 9 nitrogen and oxygen atoms in total. The van der Waals surface area contributed by atoms with Gasteiger partial charge >= 0.3 is 0 Å². The topological polar surface area (TPSA) is 125 Å². The van der Waals surface area contributed by atoms with E-state index in [1.165, 1.54) is 29.7 Å². The number of sulfonamides is 1. The average molecular weight is 426 g/mol. The molecule has 1 atom stereocenters. The first kappa shape index (κ1) is 20.1. The number of benzene rings is 2. The van der Waals surface area contributed by atoms with Gasteiger partial charge < -0.3 is 10.1 Å². The van der Waals surface area contributed by atoms with Gasteiger partial charge in [0.15, 0.2) is 0 Å². The summed E-state index contributed by atoms with van der Waals surface area (Å²) >= 11 is 5.82.